The molecule has 1 saturated heterocycles. The van der Waals surface area contributed by atoms with Gasteiger partial charge in [-0.05, 0) is 19.7 Å². The smallest absolute Gasteiger partial charge is 0.295 e. The SMILES string of the molecule is CN(C)CCN1C(=O)C(=O)/C(=C(\O)c2ccccc2)C1c1cccc([N+](=O)[O-])c1. The number of carbonyl (C=O) groups excluding carboxylic acids is 2. The van der Waals surface area contributed by atoms with Gasteiger partial charge in [-0.1, -0.05) is 42.5 Å². The molecule has 0 spiro atoms. The Morgan fingerprint density at radius 3 is 2.45 bits per heavy atom. The van der Waals surface area contributed by atoms with Crippen LogP contribution in [0.1, 0.15) is 17.2 Å². The van der Waals surface area contributed by atoms with Crippen molar-refractivity contribution < 1.29 is 19.6 Å². The van der Waals surface area contributed by atoms with Crippen molar-refractivity contribution in [2.24, 2.45) is 0 Å². The van der Waals surface area contributed by atoms with Gasteiger partial charge in [0, 0.05) is 30.8 Å². The van der Waals surface area contributed by atoms with Gasteiger partial charge in [-0.2, -0.15) is 0 Å². The second-order valence-electron chi connectivity index (χ2n) is 7.01. The van der Waals surface area contributed by atoms with Crippen molar-refractivity contribution in [3.63, 3.8) is 0 Å². The van der Waals surface area contributed by atoms with Crippen LogP contribution in [0.5, 0.6) is 0 Å². The summed E-state index contributed by atoms with van der Waals surface area (Å²) < 4.78 is 0. The zero-order valence-electron chi connectivity index (χ0n) is 16.1. The number of benzene rings is 2. The Labute approximate surface area is 167 Å². The molecule has 1 N–H and O–H groups in total. The number of rotatable bonds is 6. The maximum atomic E-state index is 12.8. The highest BCUT2D eigenvalue weighted by Crippen LogP contribution is 2.39. The summed E-state index contributed by atoms with van der Waals surface area (Å²) in [7, 11) is 3.67. The molecule has 150 valence electrons. The minimum absolute atomic E-state index is 0.0690. The van der Waals surface area contributed by atoms with E-state index in [1.54, 1.807) is 36.4 Å². The van der Waals surface area contributed by atoms with Crippen LogP contribution < -0.4 is 0 Å². The minimum Gasteiger partial charge on any atom is -0.507 e. The monoisotopic (exact) mass is 395 g/mol. The van der Waals surface area contributed by atoms with E-state index in [0.29, 0.717) is 17.7 Å². The molecule has 2 aromatic carbocycles. The van der Waals surface area contributed by atoms with Gasteiger partial charge in [0.05, 0.1) is 16.5 Å². The Morgan fingerprint density at radius 2 is 1.83 bits per heavy atom. The number of likely N-dealkylation sites (tertiary alicyclic amines) is 1. The maximum absolute atomic E-state index is 12.8. The maximum Gasteiger partial charge on any atom is 0.295 e. The molecule has 0 aliphatic carbocycles. The van der Waals surface area contributed by atoms with Gasteiger partial charge in [0.15, 0.2) is 0 Å². The van der Waals surface area contributed by atoms with E-state index in [9.17, 15) is 24.8 Å². The zero-order chi connectivity index (χ0) is 21.1. The van der Waals surface area contributed by atoms with E-state index in [0.717, 1.165) is 0 Å². The van der Waals surface area contributed by atoms with Crippen LogP contribution >= 0.6 is 0 Å². The van der Waals surface area contributed by atoms with Gasteiger partial charge in [0.2, 0.25) is 0 Å². The number of nitrogens with zero attached hydrogens (tertiary/aromatic N) is 3. The summed E-state index contributed by atoms with van der Waals surface area (Å²) in [6.45, 7) is 0.723. The summed E-state index contributed by atoms with van der Waals surface area (Å²) >= 11 is 0. The number of Topliss-reactive ketones (excluding diaryl/α,β-unsaturated/α-hetero) is 1. The average molecular weight is 395 g/mol. The molecule has 2 aromatic rings. The first-order valence-corrected chi connectivity index (χ1v) is 9.04. The fourth-order valence-electron chi connectivity index (χ4n) is 3.32. The molecule has 29 heavy (non-hydrogen) atoms. The molecule has 0 saturated carbocycles. The molecule has 1 fully saturated rings. The van der Waals surface area contributed by atoms with Gasteiger partial charge in [0.25, 0.3) is 17.4 Å². The Kier molecular flexibility index (Phi) is 5.74. The van der Waals surface area contributed by atoms with Crippen molar-refractivity contribution in [3.8, 4) is 0 Å². The molecule has 0 aromatic heterocycles. The first-order chi connectivity index (χ1) is 13.8. The molecule has 1 unspecified atom stereocenters. The Hall–Kier alpha value is -3.52. The van der Waals surface area contributed by atoms with Gasteiger partial charge in [-0.3, -0.25) is 19.7 Å². The Morgan fingerprint density at radius 1 is 1.14 bits per heavy atom. The lowest BCUT2D eigenvalue weighted by Gasteiger charge is -2.26. The van der Waals surface area contributed by atoms with Crippen LogP contribution in [0.3, 0.4) is 0 Å². The summed E-state index contributed by atoms with van der Waals surface area (Å²) in [5.74, 6) is -1.84. The molecule has 8 heteroatoms. The van der Waals surface area contributed by atoms with E-state index in [2.05, 4.69) is 0 Å². The average Bonchev–Trinajstić information content (AvgIpc) is 2.97. The van der Waals surface area contributed by atoms with Gasteiger partial charge in [-0.15, -0.1) is 0 Å². The van der Waals surface area contributed by atoms with Crippen LogP contribution in [0.4, 0.5) is 5.69 Å². The number of aliphatic hydroxyl groups is 1. The van der Waals surface area contributed by atoms with E-state index < -0.39 is 22.7 Å². The van der Waals surface area contributed by atoms with Crippen molar-refractivity contribution in [2.75, 3.05) is 27.2 Å². The van der Waals surface area contributed by atoms with Gasteiger partial charge < -0.3 is 14.9 Å². The van der Waals surface area contributed by atoms with Crippen LogP contribution in [0.25, 0.3) is 5.76 Å². The topological polar surface area (TPSA) is 104 Å². The molecule has 1 aliphatic heterocycles. The molecule has 0 radical (unpaired) electrons. The summed E-state index contributed by atoms with van der Waals surface area (Å²) in [4.78, 5) is 39.5. The predicted molar refractivity (Wildman–Crippen MR) is 107 cm³/mol. The van der Waals surface area contributed by atoms with Crippen LogP contribution in [-0.2, 0) is 9.59 Å². The summed E-state index contributed by atoms with van der Waals surface area (Å²) in [5, 5.41) is 22.1. The van der Waals surface area contributed by atoms with Gasteiger partial charge >= 0.3 is 0 Å². The lowest BCUT2D eigenvalue weighted by Crippen LogP contribution is -2.35. The largest absolute Gasteiger partial charge is 0.507 e. The number of hydrogen-bond acceptors (Lipinski definition) is 6. The summed E-state index contributed by atoms with van der Waals surface area (Å²) in [6.07, 6.45) is 0. The van der Waals surface area contributed by atoms with E-state index in [1.165, 1.54) is 23.1 Å². The van der Waals surface area contributed by atoms with Crippen molar-refractivity contribution in [3.05, 3.63) is 81.4 Å². The predicted octanol–water partition coefficient (Wildman–Crippen LogP) is 2.58. The highest BCUT2D eigenvalue weighted by Gasteiger charge is 2.46. The number of ketones is 1. The molecule has 1 atom stereocenters. The van der Waals surface area contributed by atoms with Gasteiger partial charge in [0.1, 0.15) is 5.76 Å². The summed E-state index contributed by atoms with van der Waals surface area (Å²) in [5.41, 5.74) is 0.573. The highest BCUT2D eigenvalue weighted by molar-refractivity contribution is 6.46. The lowest BCUT2D eigenvalue weighted by molar-refractivity contribution is -0.384. The Bertz CT molecular complexity index is 985. The van der Waals surface area contributed by atoms with Crippen LogP contribution in [0, 0.1) is 10.1 Å². The van der Waals surface area contributed by atoms with Crippen molar-refractivity contribution in [2.45, 2.75) is 6.04 Å². The fourth-order valence-corrected chi connectivity index (χ4v) is 3.32. The third-order valence-electron chi connectivity index (χ3n) is 4.77. The molecule has 1 amide bonds. The molecule has 3 rings (SSSR count). The molecule has 8 nitrogen and oxygen atoms in total. The minimum atomic E-state index is -0.907. The third kappa shape index (κ3) is 4.02. The molecular formula is C21H21N3O5. The summed E-state index contributed by atoms with van der Waals surface area (Å²) in [6, 6.07) is 13.3. The van der Waals surface area contributed by atoms with Gasteiger partial charge in [-0.25, -0.2) is 0 Å². The molecule has 1 aliphatic rings. The number of carbonyl (C=O) groups is 2. The number of amides is 1. The third-order valence-corrected chi connectivity index (χ3v) is 4.77. The number of nitro benzene ring substituents is 1. The van der Waals surface area contributed by atoms with Crippen molar-refractivity contribution >= 4 is 23.1 Å². The number of aliphatic hydroxyl groups excluding tert-OH is 1. The number of hydrogen-bond donors (Lipinski definition) is 1. The second kappa shape index (κ2) is 8.24. The first-order valence-electron chi connectivity index (χ1n) is 9.04. The number of likely N-dealkylation sites (N-methyl/N-ethyl adjacent to an activating group) is 1. The van der Waals surface area contributed by atoms with E-state index in [-0.39, 0.29) is 23.6 Å². The molecule has 1 heterocycles. The first kappa shape index (κ1) is 20.2. The normalized spacial score (nSPS) is 18.4. The molecule has 0 bridgehead atoms. The number of nitro groups is 1. The second-order valence-corrected chi connectivity index (χ2v) is 7.01. The van der Waals surface area contributed by atoms with Crippen LogP contribution in [-0.4, -0.2) is 58.7 Å². The van der Waals surface area contributed by atoms with Crippen molar-refractivity contribution in [1.82, 2.24) is 9.80 Å². The fraction of sp³-hybridized carbons (Fsp3) is 0.238. The van der Waals surface area contributed by atoms with Crippen LogP contribution in [0.2, 0.25) is 0 Å². The number of non-ortho nitro benzene ring substituents is 1. The zero-order valence-corrected chi connectivity index (χ0v) is 16.1. The quantitative estimate of drug-likeness (QED) is 0.265. The lowest BCUT2D eigenvalue weighted by atomic mass is 9.95. The standard InChI is InChI=1S/C21H21N3O5/c1-22(2)11-12-23-18(15-9-6-10-16(13-15)24(28)29)17(20(26)21(23)27)19(25)14-7-4-3-5-8-14/h3-10,13,18,25H,11-12H2,1-2H3/b19-17-. The molecular weight excluding hydrogens is 374 g/mol. The van der Waals surface area contributed by atoms with E-state index >= 15 is 0 Å². The Balaban J connectivity index is 2.17. The highest BCUT2D eigenvalue weighted by atomic mass is 16.6. The van der Waals surface area contributed by atoms with E-state index in [4.69, 9.17) is 0 Å². The van der Waals surface area contributed by atoms with Crippen molar-refractivity contribution in [1.29, 1.82) is 0 Å². The van der Waals surface area contributed by atoms with E-state index in [1.807, 2.05) is 19.0 Å². The van der Waals surface area contributed by atoms with Crippen LogP contribution in [0.15, 0.2) is 60.2 Å².